The van der Waals surface area contributed by atoms with Crippen molar-refractivity contribution in [1.29, 1.82) is 0 Å². The van der Waals surface area contributed by atoms with Crippen molar-refractivity contribution >= 4 is 11.9 Å². The molecular formula is C31H27F2NO5. The molecule has 0 aliphatic rings. The van der Waals surface area contributed by atoms with Crippen LogP contribution in [0.2, 0.25) is 0 Å². The van der Waals surface area contributed by atoms with Crippen LogP contribution in [0.3, 0.4) is 0 Å². The highest BCUT2D eigenvalue weighted by molar-refractivity contribution is 5.96. The van der Waals surface area contributed by atoms with E-state index in [0.29, 0.717) is 29.7 Å². The van der Waals surface area contributed by atoms with E-state index in [0.717, 1.165) is 23.3 Å². The van der Waals surface area contributed by atoms with Crippen LogP contribution in [-0.2, 0) is 29.2 Å². The molecule has 0 bridgehead atoms. The summed E-state index contributed by atoms with van der Waals surface area (Å²) in [6, 6.07) is 25.8. The fourth-order valence-corrected chi connectivity index (χ4v) is 3.88. The fraction of sp³-hybridized carbons (Fsp3) is 0.161. The number of methoxy groups -OCH3 is 1. The summed E-state index contributed by atoms with van der Waals surface area (Å²) in [5.41, 5.74) is 2.33. The molecule has 1 amide bonds. The first-order valence-corrected chi connectivity index (χ1v) is 12.2. The average molecular weight is 532 g/mol. The maximum atomic E-state index is 13.6. The lowest BCUT2D eigenvalue weighted by Gasteiger charge is -2.19. The van der Waals surface area contributed by atoms with Crippen molar-refractivity contribution in [2.45, 2.75) is 25.7 Å². The van der Waals surface area contributed by atoms with E-state index in [4.69, 9.17) is 14.2 Å². The smallest absolute Gasteiger partial charge is 0.328 e. The number of hydrogen-bond acceptors (Lipinski definition) is 5. The van der Waals surface area contributed by atoms with Crippen molar-refractivity contribution in [2.75, 3.05) is 7.11 Å². The Labute approximate surface area is 225 Å². The van der Waals surface area contributed by atoms with Crippen molar-refractivity contribution in [3.8, 4) is 11.5 Å². The molecule has 0 aliphatic heterocycles. The predicted octanol–water partition coefficient (Wildman–Crippen LogP) is 5.64. The summed E-state index contributed by atoms with van der Waals surface area (Å²) in [4.78, 5) is 25.2. The minimum atomic E-state index is -1.12. The Morgan fingerprint density at radius 2 is 1.28 bits per heavy atom. The molecule has 4 aromatic carbocycles. The monoisotopic (exact) mass is 531 g/mol. The van der Waals surface area contributed by atoms with E-state index < -0.39 is 29.6 Å². The van der Waals surface area contributed by atoms with Gasteiger partial charge in [-0.05, 0) is 41.0 Å². The van der Waals surface area contributed by atoms with Crippen LogP contribution in [-0.4, -0.2) is 25.0 Å². The van der Waals surface area contributed by atoms with Crippen LogP contribution in [0.15, 0.2) is 97.1 Å². The number of nitrogens with one attached hydrogen (secondary N) is 1. The predicted molar refractivity (Wildman–Crippen MR) is 141 cm³/mol. The minimum absolute atomic E-state index is 0.0386. The van der Waals surface area contributed by atoms with Crippen LogP contribution in [0.1, 0.15) is 27.0 Å². The number of amides is 1. The second-order valence-electron chi connectivity index (χ2n) is 8.74. The summed E-state index contributed by atoms with van der Waals surface area (Å²) >= 11 is 0. The van der Waals surface area contributed by atoms with Gasteiger partial charge in [0.25, 0.3) is 5.91 Å². The van der Waals surface area contributed by atoms with E-state index in [1.54, 1.807) is 18.2 Å². The third kappa shape index (κ3) is 7.88. The molecule has 0 spiro atoms. The number of rotatable bonds is 11. The lowest BCUT2D eigenvalue weighted by Crippen LogP contribution is -2.43. The molecule has 8 heteroatoms. The van der Waals surface area contributed by atoms with Gasteiger partial charge in [0.05, 0.1) is 7.11 Å². The van der Waals surface area contributed by atoms with Gasteiger partial charge in [0.2, 0.25) is 0 Å². The molecule has 4 aromatic rings. The van der Waals surface area contributed by atoms with Crippen LogP contribution in [0.5, 0.6) is 11.5 Å². The van der Waals surface area contributed by atoms with Gasteiger partial charge in [0.1, 0.15) is 30.9 Å². The highest BCUT2D eigenvalue weighted by Crippen LogP contribution is 2.31. The Balaban J connectivity index is 1.54. The van der Waals surface area contributed by atoms with Gasteiger partial charge in [-0.3, -0.25) is 4.79 Å². The normalized spacial score (nSPS) is 11.4. The summed E-state index contributed by atoms with van der Waals surface area (Å²) in [6.07, 6.45) is 0.0386. The second kappa shape index (κ2) is 13.2. The van der Waals surface area contributed by atoms with Gasteiger partial charge in [-0.2, -0.15) is 0 Å². The number of hydrogen-bond donors (Lipinski definition) is 1. The fourth-order valence-electron chi connectivity index (χ4n) is 3.88. The molecule has 0 saturated heterocycles. The van der Waals surface area contributed by atoms with Crippen molar-refractivity contribution in [1.82, 2.24) is 5.32 Å². The van der Waals surface area contributed by atoms with E-state index in [1.165, 1.54) is 7.11 Å². The summed E-state index contributed by atoms with van der Waals surface area (Å²) < 4.78 is 44.2. The third-order valence-electron chi connectivity index (χ3n) is 5.84. The lowest BCUT2D eigenvalue weighted by molar-refractivity contribution is -0.142. The quantitative estimate of drug-likeness (QED) is 0.254. The van der Waals surface area contributed by atoms with E-state index >= 15 is 0 Å². The number of halogens is 2. The molecule has 0 saturated carbocycles. The molecule has 4 rings (SSSR count). The van der Waals surface area contributed by atoms with Crippen molar-refractivity contribution in [3.05, 3.63) is 131 Å². The summed E-state index contributed by atoms with van der Waals surface area (Å²) in [5, 5.41) is 2.51. The van der Waals surface area contributed by atoms with Crippen LogP contribution in [0, 0.1) is 11.6 Å². The molecule has 6 nitrogen and oxygen atoms in total. The molecule has 1 N–H and O–H groups in total. The molecule has 1 atom stereocenters. The minimum Gasteiger partial charge on any atom is -0.485 e. The summed E-state index contributed by atoms with van der Waals surface area (Å²) in [7, 11) is 1.19. The van der Waals surface area contributed by atoms with Crippen molar-refractivity contribution in [2.24, 2.45) is 0 Å². The van der Waals surface area contributed by atoms with Gasteiger partial charge >= 0.3 is 5.97 Å². The van der Waals surface area contributed by atoms with E-state index in [-0.39, 0.29) is 18.6 Å². The third-order valence-corrected chi connectivity index (χ3v) is 5.84. The lowest BCUT2D eigenvalue weighted by atomic mass is 10.0. The van der Waals surface area contributed by atoms with E-state index in [2.05, 4.69) is 5.32 Å². The van der Waals surface area contributed by atoms with Crippen LogP contribution < -0.4 is 14.8 Å². The Morgan fingerprint density at radius 3 is 1.85 bits per heavy atom. The molecule has 0 aromatic heterocycles. The van der Waals surface area contributed by atoms with Gasteiger partial charge in [-0.25, -0.2) is 13.6 Å². The second-order valence-corrected chi connectivity index (χ2v) is 8.74. The molecular weight excluding hydrogens is 504 g/mol. The van der Waals surface area contributed by atoms with Crippen LogP contribution in [0.25, 0.3) is 0 Å². The van der Waals surface area contributed by atoms with Crippen LogP contribution >= 0.6 is 0 Å². The molecule has 0 heterocycles. The first kappa shape index (κ1) is 27.3. The first-order valence-electron chi connectivity index (χ1n) is 12.2. The number of esters is 1. The van der Waals surface area contributed by atoms with Gasteiger partial charge in [-0.15, -0.1) is 0 Å². The molecule has 200 valence electrons. The average Bonchev–Trinajstić information content (AvgIpc) is 2.95. The Morgan fingerprint density at radius 1 is 0.718 bits per heavy atom. The zero-order valence-electron chi connectivity index (χ0n) is 21.2. The zero-order chi connectivity index (χ0) is 27.6. The van der Waals surface area contributed by atoms with Gasteiger partial charge < -0.3 is 19.5 Å². The number of carbonyl (C=O) groups is 2. The number of benzene rings is 4. The number of carbonyl (C=O) groups excluding carboxylic acids is 2. The highest BCUT2D eigenvalue weighted by Gasteiger charge is 2.24. The standard InChI is InChI=1S/C31H27F2NO5/c1-37-31(36)27(34-30(35)24-16-25(32)18-26(33)17-24)14-23-12-13-28(38-19-21-8-4-2-5-9-21)29(15-23)39-20-22-10-6-3-7-11-22/h2-13,15-18,27H,14,19-20H2,1H3,(H,34,35)/t27-/m0/s1. The van der Waals surface area contributed by atoms with Crippen LogP contribution in [0.4, 0.5) is 8.78 Å². The Bertz CT molecular complexity index is 1390. The summed E-state index contributed by atoms with van der Waals surface area (Å²) in [5.74, 6) is -2.37. The molecule has 0 fully saturated rings. The van der Waals surface area contributed by atoms with Gasteiger partial charge in [0.15, 0.2) is 11.5 Å². The van der Waals surface area contributed by atoms with Gasteiger partial charge in [-0.1, -0.05) is 66.7 Å². The first-order chi connectivity index (χ1) is 18.9. The molecule has 0 unspecified atom stereocenters. The summed E-state index contributed by atoms with van der Waals surface area (Å²) in [6.45, 7) is 0.612. The van der Waals surface area contributed by atoms with E-state index in [1.807, 2.05) is 60.7 Å². The Kier molecular flexibility index (Phi) is 9.24. The largest absolute Gasteiger partial charge is 0.485 e. The van der Waals surface area contributed by atoms with Crippen molar-refractivity contribution < 1.29 is 32.6 Å². The SMILES string of the molecule is COC(=O)[C@H](Cc1ccc(OCc2ccccc2)c(OCc2ccccc2)c1)NC(=O)c1cc(F)cc(F)c1. The maximum absolute atomic E-state index is 13.6. The maximum Gasteiger partial charge on any atom is 0.328 e. The van der Waals surface area contributed by atoms with Gasteiger partial charge in [0, 0.05) is 18.1 Å². The Hall–Kier alpha value is -4.72. The van der Waals surface area contributed by atoms with E-state index in [9.17, 15) is 18.4 Å². The molecule has 0 radical (unpaired) electrons. The van der Waals surface area contributed by atoms with Crippen molar-refractivity contribution in [3.63, 3.8) is 0 Å². The molecule has 39 heavy (non-hydrogen) atoms. The topological polar surface area (TPSA) is 73.9 Å². The molecule has 0 aliphatic carbocycles. The zero-order valence-corrected chi connectivity index (χ0v) is 21.2. The number of ether oxygens (including phenoxy) is 3. The highest BCUT2D eigenvalue weighted by atomic mass is 19.1.